The molecule has 5 rings (SSSR count). The minimum atomic E-state index is -0.427. The Labute approximate surface area is 188 Å². The van der Waals surface area contributed by atoms with Gasteiger partial charge in [0, 0.05) is 11.3 Å². The Kier molecular flexibility index (Phi) is 5.56. The average Bonchev–Trinajstić information content (AvgIpc) is 3.44. The zero-order valence-corrected chi connectivity index (χ0v) is 18.2. The summed E-state index contributed by atoms with van der Waals surface area (Å²) in [6, 6.07) is 11.4. The standard InChI is InChI=1S/C21H21ClN4O4S/c22-18-8-7-17(31-18)20(27)24-11-16-12-25(21(28)30-16)14-3-1-13(2-4-14)19-23-9-10-29-26(19)15-5-6-15/h1-4,7-8,15-16H,5-6,9-12H2,(H,24,27). The molecule has 1 aliphatic carbocycles. The molecule has 2 aliphatic heterocycles. The molecule has 31 heavy (non-hydrogen) atoms. The van der Waals surface area contributed by atoms with E-state index in [-0.39, 0.29) is 12.5 Å². The van der Waals surface area contributed by atoms with Crippen LogP contribution < -0.4 is 10.2 Å². The van der Waals surface area contributed by atoms with Crippen LogP contribution in [0.5, 0.6) is 0 Å². The van der Waals surface area contributed by atoms with Gasteiger partial charge in [-0.25, -0.2) is 9.86 Å². The molecule has 1 saturated carbocycles. The van der Waals surface area contributed by atoms with E-state index in [4.69, 9.17) is 21.2 Å². The summed E-state index contributed by atoms with van der Waals surface area (Å²) in [5.74, 6) is 0.616. The zero-order chi connectivity index (χ0) is 21.4. The second kappa shape index (κ2) is 8.49. The minimum absolute atomic E-state index is 0.230. The fourth-order valence-electron chi connectivity index (χ4n) is 3.59. The minimum Gasteiger partial charge on any atom is -0.442 e. The molecule has 1 unspecified atom stereocenters. The normalized spacial score (nSPS) is 21.1. The van der Waals surface area contributed by atoms with Crippen LogP contribution in [-0.4, -0.2) is 61.3 Å². The lowest BCUT2D eigenvalue weighted by Crippen LogP contribution is -2.38. The van der Waals surface area contributed by atoms with Crippen LogP contribution in [0.25, 0.3) is 0 Å². The Morgan fingerprint density at radius 2 is 2.03 bits per heavy atom. The van der Waals surface area contributed by atoms with Crippen molar-refractivity contribution in [3.05, 3.63) is 51.2 Å². The number of amidine groups is 1. The number of nitrogens with zero attached hydrogens (tertiary/aromatic N) is 3. The third kappa shape index (κ3) is 4.39. The highest BCUT2D eigenvalue weighted by molar-refractivity contribution is 7.18. The van der Waals surface area contributed by atoms with E-state index < -0.39 is 12.2 Å². The van der Waals surface area contributed by atoms with Crippen LogP contribution in [-0.2, 0) is 9.57 Å². The van der Waals surface area contributed by atoms with Crippen LogP contribution in [0.4, 0.5) is 10.5 Å². The molecule has 1 aromatic heterocycles. The molecule has 1 N–H and O–H groups in total. The summed E-state index contributed by atoms with van der Waals surface area (Å²) < 4.78 is 5.97. The lowest BCUT2D eigenvalue weighted by molar-refractivity contribution is -0.110. The van der Waals surface area contributed by atoms with E-state index in [0.29, 0.717) is 35.0 Å². The van der Waals surface area contributed by atoms with Gasteiger partial charge >= 0.3 is 6.09 Å². The topological polar surface area (TPSA) is 83.5 Å². The first-order valence-electron chi connectivity index (χ1n) is 10.2. The summed E-state index contributed by atoms with van der Waals surface area (Å²) in [4.78, 5) is 37.0. The Morgan fingerprint density at radius 1 is 1.23 bits per heavy atom. The van der Waals surface area contributed by atoms with Gasteiger partial charge in [-0.3, -0.25) is 19.5 Å². The van der Waals surface area contributed by atoms with Crippen molar-refractivity contribution in [3.63, 3.8) is 0 Å². The van der Waals surface area contributed by atoms with Crippen molar-refractivity contribution in [2.24, 2.45) is 4.99 Å². The zero-order valence-electron chi connectivity index (χ0n) is 16.6. The third-order valence-electron chi connectivity index (χ3n) is 5.27. The molecule has 0 bridgehead atoms. The Morgan fingerprint density at radius 3 is 2.74 bits per heavy atom. The molecule has 10 heteroatoms. The number of hydroxylamine groups is 2. The van der Waals surface area contributed by atoms with E-state index in [1.807, 2.05) is 29.3 Å². The molecule has 1 saturated heterocycles. The number of amides is 2. The van der Waals surface area contributed by atoms with Crippen molar-refractivity contribution >= 4 is 46.5 Å². The van der Waals surface area contributed by atoms with Crippen LogP contribution in [0.2, 0.25) is 4.34 Å². The largest absolute Gasteiger partial charge is 0.442 e. The maximum atomic E-state index is 12.4. The molecule has 8 nitrogen and oxygen atoms in total. The van der Waals surface area contributed by atoms with Gasteiger partial charge in [0.25, 0.3) is 5.91 Å². The smallest absolute Gasteiger partial charge is 0.414 e. The number of hydrogen-bond acceptors (Lipinski definition) is 7. The maximum absolute atomic E-state index is 12.4. The summed E-state index contributed by atoms with van der Waals surface area (Å²) in [5.41, 5.74) is 1.70. The average molecular weight is 461 g/mol. The molecule has 162 valence electrons. The van der Waals surface area contributed by atoms with Crippen molar-refractivity contribution in [1.29, 1.82) is 0 Å². The summed E-state index contributed by atoms with van der Waals surface area (Å²) >= 11 is 7.08. The van der Waals surface area contributed by atoms with Gasteiger partial charge in [-0.1, -0.05) is 11.6 Å². The number of halogens is 1. The second-order valence-corrected chi connectivity index (χ2v) is 9.29. The van der Waals surface area contributed by atoms with Gasteiger partial charge in [0.15, 0.2) is 5.84 Å². The van der Waals surface area contributed by atoms with E-state index in [1.54, 1.807) is 17.0 Å². The highest BCUT2D eigenvalue weighted by Crippen LogP contribution is 2.31. The number of benzene rings is 1. The van der Waals surface area contributed by atoms with Crippen molar-refractivity contribution < 1.29 is 19.2 Å². The lowest BCUT2D eigenvalue weighted by Gasteiger charge is -2.28. The third-order valence-corrected chi connectivity index (χ3v) is 6.50. The quantitative estimate of drug-likeness (QED) is 0.715. The van der Waals surface area contributed by atoms with E-state index in [0.717, 1.165) is 29.9 Å². The van der Waals surface area contributed by atoms with Gasteiger partial charge < -0.3 is 10.1 Å². The molecule has 3 heterocycles. The van der Waals surface area contributed by atoms with Gasteiger partial charge in [-0.15, -0.1) is 11.3 Å². The number of nitrogens with one attached hydrogen (secondary N) is 1. The lowest BCUT2D eigenvalue weighted by atomic mass is 10.1. The molecule has 1 atom stereocenters. The monoisotopic (exact) mass is 460 g/mol. The number of carbonyl (C=O) groups excluding carboxylic acids is 2. The van der Waals surface area contributed by atoms with Gasteiger partial charge in [0.05, 0.1) is 41.5 Å². The van der Waals surface area contributed by atoms with Gasteiger partial charge in [0.2, 0.25) is 0 Å². The first-order chi connectivity index (χ1) is 15.1. The molecular formula is C21H21ClN4O4S. The molecule has 3 aliphatic rings. The van der Waals surface area contributed by atoms with Gasteiger partial charge in [-0.2, -0.15) is 0 Å². The van der Waals surface area contributed by atoms with E-state index in [9.17, 15) is 9.59 Å². The Bertz CT molecular complexity index is 1020. The number of aliphatic imine (C=N–C) groups is 1. The summed E-state index contributed by atoms with van der Waals surface area (Å²) in [6.07, 6.45) is 1.39. The van der Waals surface area contributed by atoms with Crippen molar-refractivity contribution in [2.45, 2.75) is 25.0 Å². The SMILES string of the molecule is O=C(NCC1CN(c2ccc(C3=NCCON3C3CC3)cc2)C(=O)O1)c1ccc(Cl)s1. The number of hydrogen-bond donors (Lipinski definition) is 1. The van der Waals surface area contributed by atoms with Crippen LogP contribution in [0.3, 0.4) is 0 Å². The van der Waals surface area contributed by atoms with Crippen molar-refractivity contribution in [3.8, 4) is 0 Å². The number of rotatable bonds is 6. The fourth-order valence-corrected chi connectivity index (χ4v) is 4.55. The molecule has 2 fully saturated rings. The Hall–Kier alpha value is -2.62. The number of ether oxygens (including phenoxy) is 1. The van der Waals surface area contributed by atoms with Crippen LogP contribution in [0, 0.1) is 0 Å². The molecule has 2 aromatic rings. The van der Waals surface area contributed by atoms with Crippen LogP contribution in [0.15, 0.2) is 41.4 Å². The summed E-state index contributed by atoms with van der Waals surface area (Å²) in [7, 11) is 0. The first kappa shape index (κ1) is 20.3. The maximum Gasteiger partial charge on any atom is 0.414 e. The van der Waals surface area contributed by atoms with E-state index in [2.05, 4.69) is 10.3 Å². The van der Waals surface area contributed by atoms with Crippen molar-refractivity contribution in [2.75, 3.05) is 31.1 Å². The van der Waals surface area contributed by atoms with Crippen LogP contribution in [0.1, 0.15) is 28.1 Å². The molecule has 2 amide bonds. The molecular weight excluding hydrogens is 440 g/mol. The second-order valence-electron chi connectivity index (χ2n) is 7.57. The summed E-state index contributed by atoms with van der Waals surface area (Å²) in [5, 5.41) is 4.71. The number of cyclic esters (lactones) is 1. The Balaban J connectivity index is 1.21. The predicted molar refractivity (Wildman–Crippen MR) is 118 cm³/mol. The number of thiophene rings is 1. The highest BCUT2D eigenvalue weighted by Gasteiger charge is 2.35. The number of anilines is 1. The highest BCUT2D eigenvalue weighted by atomic mass is 35.5. The van der Waals surface area contributed by atoms with Crippen LogP contribution >= 0.6 is 22.9 Å². The van der Waals surface area contributed by atoms with E-state index in [1.165, 1.54) is 11.3 Å². The summed E-state index contributed by atoms with van der Waals surface area (Å²) in [6.45, 7) is 1.85. The molecule has 0 spiro atoms. The fraction of sp³-hybridized carbons (Fsp3) is 0.381. The van der Waals surface area contributed by atoms with Crippen molar-refractivity contribution in [1.82, 2.24) is 10.4 Å². The van der Waals surface area contributed by atoms with Gasteiger partial charge in [-0.05, 0) is 49.2 Å². The predicted octanol–water partition coefficient (Wildman–Crippen LogP) is 3.31. The molecule has 0 radical (unpaired) electrons. The first-order valence-corrected chi connectivity index (χ1v) is 11.4. The molecule has 1 aromatic carbocycles. The number of carbonyl (C=O) groups is 2. The van der Waals surface area contributed by atoms with Gasteiger partial charge in [0.1, 0.15) is 6.10 Å². The van der Waals surface area contributed by atoms with E-state index >= 15 is 0 Å².